The van der Waals surface area contributed by atoms with E-state index in [0.29, 0.717) is 0 Å². The molecular weight excluding hydrogens is 228 g/mol. The van der Waals surface area contributed by atoms with Gasteiger partial charge in [0, 0.05) is 29.3 Å². The second-order valence-corrected chi connectivity index (χ2v) is 4.90. The summed E-state index contributed by atoms with van der Waals surface area (Å²) in [6.45, 7) is 4.05. The van der Waals surface area contributed by atoms with E-state index < -0.39 is 0 Å². The molecule has 2 N–H and O–H groups in total. The highest BCUT2D eigenvalue weighted by Crippen LogP contribution is 2.14. The van der Waals surface area contributed by atoms with Crippen molar-refractivity contribution < 1.29 is 0 Å². The minimum absolute atomic E-state index is 0.963. The fraction of sp³-hybridized carbons (Fsp3) is 0.286. The second-order valence-electron chi connectivity index (χ2n) is 3.86. The molecule has 0 aliphatic carbocycles. The summed E-state index contributed by atoms with van der Waals surface area (Å²) in [5, 5.41) is 8.84. The van der Waals surface area contributed by atoms with Crippen LogP contribution in [0.5, 0.6) is 0 Å². The van der Waals surface area contributed by atoms with Crippen molar-refractivity contribution in [3.63, 3.8) is 0 Å². The molecule has 90 valence electrons. The fourth-order valence-corrected chi connectivity index (χ4v) is 2.40. The molecule has 0 unspecified atom stereocenters. The SMILES string of the molecule is CCNc1ccc(NCCc2cccs2)cc1. The topological polar surface area (TPSA) is 24.1 Å². The Hall–Kier alpha value is -1.48. The Morgan fingerprint density at radius 1 is 1.00 bits per heavy atom. The van der Waals surface area contributed by atoms with E-state index in [1.165, 1.54) is 16.3 Å². The van der Waals surface area contributed by atoms with E-state index in [-0.39, 0.29) is 0 Å². The van der Waals surface area contributed by atoms with Crippen molar-refractivity contribution in [1.29, 1.82) is 0 Å². The fourth-order valence-electron chi connectivity index (χ4n) is 1.69. The summed E-state index contributed by atoms with van der Waals surface area (Å²) in [7, 11) is 0. The lowest BCUT2D eigenvalue weighted by atomic mass is 10.2. The van der Waals surface area contributed by atoms with Gasteiger partial charge in [-0.05, 0) is 49.1 Å². The predicted octanol–water partition coefficient (Wildman–Crippen LogP) is 3.83. The van der Waals surface area contributed by atoms with Crippen LogP contribution in [0.1, 0.15) is 11.8 Å². The zero-order chi connectivity index (χ0) is 11.9. The smallest absolute Gasteiger partial charge is 0.0341 e. The molecule has 1 heterocycles. The van der Waals surface area contributed by atoms with Gasteiger partial charge in [-0.1, -0.05) is 6.07 Å². The third-order valence-corrected chi connectivity index (χ3v) is 3.48. The number of nitrogens with one attached hydrogen (secondary N) is 2. The van der Waals surface area contributed by atoms with Gasteiger partial charge in [-0.3, -0.25) is 0 Å². The molecule has 0 aliphatic rings. The van der Waals surface area contributed by atoms with Gasteiger partial charge in [-0.2, -0.15) is 0 Å². The normalized spacial score (nSPS) is 10.2. The summed E-state index contributed by atoms with van der Waals surface area (Å²) in [6.07, 6.45) is 1.09. The molecule has 0 spiro atoms. The highest BCUT2D eigenvalue weighted by Gasteiger charge is 1.95. The minimum atomic E-state index is 0.963. The van der Waals surface area contributed by atoms with Crippen LogP contribution in [0.15, 0.2) is 41.8 Å². The lowest BCUT2D eigenvalue weighted by molar-refractivity contribution is 1.04. The van der Waals surface area contributed by atoms with Crippen LogP contribution in [-0.2, 0) is 6.42 Å². The first-order valence-electron chi connectivity index (χ1n) is 5.98. The summed E-state index contributed by atoms with van der Waals surface area (Å²) < 4.78 is 0. The largest absolute Gasteiger partial charge is 0.385 e. The number of rotatable bonds is 6. The molecule has 0 saturated heterocycles. The highest BCUT2D eigenvalue weighted by atomic mass is 32.1. The summed E-state index contributed by atoms with van der Waals surface area (Å²) in [4.78, 5) is 1.43. The third kappa shape index (κ3) is 3.79. The maximum atomic E-state index is 3.43. The lowest BCUT2D eigenvalue weighted by Gasteiger charge is -2.07. The zero-order valence-corrected chi connectivity index (χ0v) is 10.9. The number of anilines is 2. The summed E-state index contributed by atoms with van der Waals surface area (Å²) in [6, 6.07) is 12.7. The molecule has 0 bridgehead atoms. The van der Waals surface area contributed by atoms with Crippen molar-refractivity contribution in [2.45, 2.75) is 13.3 Å². The van der Waals surface area contributed by atoms with E-state index in [0.717, 1.165) is 19.5 Å². The Balaban J connectivity index is 1.79. The molecule has 2 aromatic rings. The third-order valence-electron chi connectivity index (χ3n) is 2.55. The number of benzene rings is 1. The van der Waals surface area contributed by atoms with E-state index in [4.69, 9.17) is 0 Å². The van der Waals surface area contributed by atoms with Crippen LogP contribution in [0.4, 0.5) is 11.4 Å². The van der Waals surface area contributed by atoms with Crippen LogP contribution in [0.3, 0.4) is 0 Å². The highest BCUT2D eigenvalue weighted by molar-refractivity contribution is 7.09. The standard InChI is InChI=1S/C14H18N2S/c1-2-15-12-5-7-13(8-6-12)16-10-9-14-4-3-11-17-14/h3-8,11,15-16H,2,9-10H2,1H3. The summed E-state index contributed by atoms with van der Waals surface area (Å²) in [5.41, 5.74) is 2.36. The van der Waals surface area contributed by atoms with Crippen molar-refractivity contribution >= 4 is 22.7 Å². The Morgan fingerprint density at radius 3 is 2.29 bits per heavy atom. The average Bonchev–Trinajstić information content (AvgIpc) is 2.85. The van der Waals surface area contributed by atoms with Crippen molar-refractivity contribution in [2.24, 2.45) is 0 Å². The van der Waals surface area contributed by atoms with Crippen LogP contribution in [0, 0.1) is 0 Å². The maximum absolute atomic E-state index is 3.43. The van der Waals surface area contributed by atoms with Gasteiger partial charge in [-0.25, -0.2) is 0 Å². The molecule has 1 aromatic carbocycles. The van der Waals surface area contributed by atoms with Crippen LogP contribution >= 0.6 is 11.3 Å². The van der Waals surface area contributed by atoms with Gasteiger partial charge < -0.3 is 10.6 Å². The molecule has 2 rings (SSSR count). The molecule has 1 aromatic heterocycles. The van der Waals surface area contributed by atoms with Gasteiger partial charge in [0.1, 0.15) is 0 Å². The molecular formula is C14H18N2S. The molecule has 0 radical (unpaired) electrons. The average molecular weight is 246 g/mol. The number of hydrogen-bond acceptors (Lipinski definition) is 3. The molecule has 3 heteroatoms. The monoisotopic (exact) mass is 246 g/mol. The van der Waals surface area contributed by atoms with Gasteiger partial charge in [0.15, 0.2) is 0 Å². The zero-order valence-electron chi connectivity index (χ0n) is 10.1. The van der Waals surface area contributed by atoms with Gasteiger partial charge in [0.25, 0.3) is 0 Å². The molecule has 0 amide bonds. The van der Waals surface area contributed by atoms with Crippen LogP contribution < -0.4 is 10.6 Å². The number of thiophene rings is 1. The van der Waals surface area contributed by atoms with E-state index in [9.17, 15) is 0 Å². The molecule has 0 atom stereocenters. The van der Waals surface area contributed by atoms with Crippen molar-refractivity contribution in [1.82, 2.24) is 0 Å². The Kier molecular flexibility index (Phi) is 4.45. The Morgan fingerprint density at radius 2 is 1.71 bits per heavy atom. The molecule has 17 heavy (non-hydrogen) atoms. The number of hydrogen-bond donors (Lipinski definition) is 2. The first kappa shape index (κ1) is 12.0. The van der Waals surface area contributed by atoms with E-state index >= 15 is 0 Å². The molecule has 2 nitrogen and oxygen atoms in total. The summed E-state index contributed by atoms with van der Waals surface area (Å²) in [5.74, 6) is 0. The van der Waals surface area contributed by atoms with Crippen LogP contribution in [0.25, 0.3) is 0 Å². The van der Waals surface area contributed by atoms with E-state index in [2.05, 4.69) is 59.3 Å². The molecule has 0 aliphatic heterocycles. The Bertz CT molecular complexity index is 420. The quantitative estimate of drug-likeness (QED) is 0.809. The maximum Gasteiger partial charge on any atom is 0.0341 e. The first-order valence-corrected chi connectivity index (χ1v) is 6.86. The van der Waals surface area contributed by atoms with Crippen molar-refractivity contribution in [2.75, 3.05) is 23.7 Å². The predicted molar refractivity (Wildman–Crippen MR) is 77.1 cm³/mol. The van der Waals surface area contributed by atoms with Gasteiger partial charge in [0.2, 0.25) is 0 Å². The van der Waals surface area contributed by atoms with Crippen molar-refractivity contribution in [3.05, 3.63) is 46.7 Å². The van der Waals surface area contributed by atoms with Crippen LogP contribution in [0.2, 0.25) is 0 Å². The van der Waals surface area contributed by atoms with E-state index in [1.807, 2.05) is 11.3 Å². The van der Waals surface area contributed by atoms with Crippen molar-refractivity contribution in [3.8, 4) is 0 Å². The second kappa shape index (κ2) is 6.30. The lowest BCUT2D eigenvalue weighted by Crippen LogP contribution is -2.04. The van der Waals surface area contributed by atoms with Gasteiger partial charge in [0.05, 0.1) is 0 Å². The summed E-state index contributed by atoms with van der Waals surface area (Å²) >= 11 is 1.82. The minimum Gasteiger partial charge on any atom is -0.385 e. The van der Waals surface area contributed by atoms with E-state index in [1.54, 1.807) is 0 Å². The van der Waals surface area contributed by atoms with Gasteiger partial charge in [-0.15, -0.1) is 11.3 Å². The first-order chi connectivity index (χ1) is 8.38. The Labute approximate surface area is 107 Å². The van der Waals surface area contributed by atoms with Crippen LogP contribution in [-0.4, -0.2) is 13.1 Å². The molecule has 0 saturated carbocycles. The molecule has 0 fully saturated rings. The van der Waals surface area contributed by atoms with Gasteiger partial charge >= 0.3 is 0 Å².